The maximum Gasteiger partial charge on any atom is 0.291 e. The molecule has 0 spiro atoms. The molecule has 0 atom stereocenters. The van der Waals surface area contributed by atoms with E-state index in [1.54, 1.807) is 0 Å². The number of hydrogen-bond acceptors (Lipinski definition) is 6. The van der Waals surface area contributed by atoms with Crippen molar-refractivity contribution in [3.05, 3.63) is 69.8 Å². The molecule has 0 fully saturated rings. The van der Waals surface area contributed by atoms with Crippen LogP contribution >= 0.6 is 0 Å². The second-order valence-electron chi connectivity index (χ2n) is 4.31. The molecule has 2 amide bonds. The predicted molar refractivity (Wildman–Crippen MR) is 79.6 cm³/mol. The van der Waals surface area contributed by atoms with Crippen molar-refractivity contribution < 1.29 is 18.9 Å². The molecular weight excluding hydrogens is 304 g/mol. The van der Waals surface area contributed by atoms with Crippen molar-refractivity contribution in [3.63, 3.8) is 0 Å². The van der Waals surface area contributed by atoms with E-state index in [0.717, 1.165) is 0 Å². The molecule has 1 aromatic heterocycles. The number of benzene rings is 1. The van der Waals surface area contributed by atoms with Gasteiger partial charge in [0.25, 0.3) is 17.5 Å². The van der Waals surface area contributed by atoms with Crippen molar-refractivity contribution in [3.8, 4) is 0 Å². The number of rotatable bonds is 5. The highest BCUT2D eigenvalue weighted by molar-refractivity contribution is 6.04. The first-order chi connectivity index (χ1) is 11.0. The fourth-order valence-corrected chi connectivity index (χ4v) is 1.69. The van der Waals surface area contributed by atoms with Crippen molar-refractivity contribution in [1.29, 1.82) is 0 Å². The Bertz CT molecular complexity index is 750. The van der Waals surface area contributed by atoms with E-state index in [2.05, 4.69) is 5.32 Å². The van der Waals surface area contributed by atoms with Crippen LogP contribution in [0.2, 0.25) is 0 Å². The first-order valence-corrected chi connectivity index (χ1v) is 6.33. The highest BCUT2D eigenvalue weighted by atomic mass is 16.6. The van der Waals surface area contributed by atoms with Crippen molar-refractivity contribution >= 4 is 23.6 Å². The normalized spacial score (nSPS) is 10.9. The molecule has 0 aliphatic carbocycles. The first kappa shape index (κ1) is 15.9. The Kier molecular flexibility index (Phi) is 4.85. The molecule has 0 aliphatic rings. The molecule has 2 aromatic rings. The summed E-state index contributed by atoms with van der Waals surface area (Å²) in [5.74, 6) is 3.73. The van der Waals surface area contributed by atoms with E-state index in [1.807, 2.05) is 5.43 Å². The SMILES string of the molecule is NNC(=O)C(=Cc1ccc([N+](=O)[O-])cc1)NC(=O)c1ccco1. The molecule has 9 nitrogen and oxygen atoms in total. The minimum atomic E-state index is -0.733. The molecule has 0 saturated carbocycles. The second-order valence-corrected chi connectivity index (χ2v) is 4.31. The van der Waals surface area contributed by atoms with Crippen molar-refractivity contribution in [2.24, 2.45) is 5.84 Å². The molecular formula is C14H12N4O5. The fraction of sp³-hybridized carbons (Fsp3) is 0. The predicted octanol–water partition coefficient (Wildman–Crippen LogP) is 0.949. The van der Waals surface area contributed by atoms with E-state index in [-0.39, 0.29) is 17.1 Å². The number of non-ortho nitro benzene ring substituents is 1. The lowest BCUT2D eigenvalue weighted by Crippen LogP contribution is -2.38. The number of hydrazine groups is 1. The van der Waals surface area contributed by atoms with Crippen LogP contribution in [-0.2, 0) is 4.79 Å². The standard InChI is InChI=1S/C14H12N4O5/c15-17-13(19)11(16-14(20)12-2-1-7-23-12)8-9-3-5-10(6-4-9)18(21)22/h1-8H,15H2,(H,16,20)(H,17,19). The van der Waals surface area contributed by atoms with Crippen LogP contribution in [0.15, 0.2) is 52.8 Å². The van der Waals surface area contributed by atoms with E-state index in [0.29, 0.717) is 5.56 Å². The number of nitro benzene ring substituents is 1. The largest absolute Gasteiger partial charge is 0.459 e. The molecule has 1 aromatic carbocycles. The molecule has 118 valence electrons. The van der Waals surface area contributed by atoms with Crippen LogP contribution in [0.25, 0.3) is 6.08 Å². The van der Waals surface area contributed by atoms with Gasteiger partial charge >= 0.3 is 0 Å². The monoisotopic (exact) mass is 316 g/mol. The zero-order valence-corrected chi connectivity index (χ0v) is 11.7. The van der Waals surface area contributed by atoms with E-state index in [4.69, 9.17) is 10.3 Å². The molecule has 23 heavy (non-hydrogen) atoms. The average Bonchev–Trinajstić information content (AvgIpc) is 3.08. The summed E-state index contributed by atoms with van der Waals surface area (Å²) < 4.78 is 4.92. The van der Waals surface area contributed by atoms with Gasteiger partial charge in [-0.25, -0.2) is 5.84 Å². The number of nitrogens with zero attached hydrogens (tertiary/aromatic N) is 1. The zero-order chi connectivity index (χ0) is 16.8. The van der Waals surface area contributed by atoms with Gasteiger partial charge in [0.15, 0.2) is 5.76 Å². The molecule has 0 saturated heterocycles. The van der Waals surface area contributed by atoms with Gasteiger partial charge in [0.2, 0.25) is 0 Å². The number of furan rings is 1. The molecule has 0 aliphatic heterocycles. The first-order valence-electron chi connectivity index (χ1n) is 6.33. The van der Waals surface area contributed by atoms with Crippen molar-refractivity contribution in [2.75, 3.05) is 0 Å². The van der Waals surface area contributed by atoms with Gasteiger partial charge in [0.05, 0.1) is 11.2 Å². The Morgan fingerprint density at radius 2 is 1.91 bits per heavy atom. The van der Waals surface area contributed by atoms with Crippen LogP contribution in [0.3, 0.4) is 0 Å². The van der Waals surface area contributed by atoms with E-state index >= 15 is 0 Å². The quantitative estimate of drug-likeness (QED) is 0.246. The van der Waals surface area contributed by atoms with Gasteiger partial charge in [-0.1, -0.05) is 0 Å². The Morgan fingerprint density at radius 1 is 1.22 bits per heavy atom. The average molecular weight is 316 g/mol. The summed E-state index contributed by atoms with van der Waals surface area (Å²) in [4.78, 5) is 33.7. The number of nitro groups is 1. The van der Waals surface area contributed by atoms with Crippen LogP contribution in [0.1, 0.15) is 16.1 Å². The number of hydrogen-bond donors (Lipinski definition) is 3. The number of amides is 2. The van der Waals surface area contributed by atoms with E-state index in [1.165, 1.54) is 48.7 Å². The minimum Gasteiger partial charge on any atom is -0.459 e. The van der Waals surface area contributed by atoms with Crippen LogP contribution in [-0.4, -0.2) is 16.7 Å². The summed E-state index contributed by atoms with van der Waals surface area (Å²) in [6.07, 6.45) is 2.64. The second kappa shape index (κ2) is 7.00. The molecule has 9 heteroatoms. The lowest BCUT2D eigenvalue weighted by molar-refractivity contribution is -0.384. The number of nitrogens with one attached hydrogen (secondary N) is 2. The molecule has 2 rings (SSSR count). The lowest BCUT2D eigenvalue weighted by atomic mass is 10.1. The lowest BCUT2D eigenvalue weighted by Gasteiger charge is -2.07. The summed E-state index contributed by atoms with van der Waals surface area (Å²) in [5, 5.41) is 13.0. The van der Waals surface area contributed by atoms with Gasteiger partial charge in [-0.05, 0) is 35.9 Å². The topological polar surface area (TPSA) is 140 Å². The maximum absolute atomic E-state index is 11.9. The third kappa shape index (κ3) is 4.02. The summed E-state index contributed by atoms with van der Waals surface area (Å²) in [6, 6.07) is 8.37. The molecule has 0 unspecified atom stereocenters. The van der Waals surface area contributed by atoms with E-state index < -0.39 is 16.7 Å². The number of carbonyl (C=O) groups is 2. The summed E-state index contributed by atoms with van der Waals surface area (Å²) in [5.41, 5.74) is 2.14. The molecule has 1 heterocycles. The Hall–Kier alpha value is -3.46. The van der Waals surface area contributed by atoms with Gasteiger partial charge in [-0.2, -0.15) is 0 Å². The van der Waals surface area contributed by atoms with Crippen molar-refractivity contribution in [1.82, 2.24) is 10.7 Å². The van der Waals surface area contributed by atoms with Gasteiger partial charge in [0.1, 0.15) is 5.70 Å². The third-order valence-corrected chi connectivity index (χ3v) is 2.78. The summed E-state index contributed by atoms with van der Waals surface area (Å²) in [7, 11) is 0. The minimum absolute atomic E-state index is 0.0180. The van der Waals surface area contributed by atoms with Crippen LogP contribution in [0.5, 0.6) is 0 Å². The zero-order valence-electron chi connectivity index (χ0n) is 11.7. The maximum atomic E-state index is 11.9. The highest BCUT2D eigenvalue weighted by Gasteiger charge is 2.15. The number of carbonyl (C=O) groups excluding carboxylic acids is 2. The Labute approximate surface area is 129 Å². The van der Waals surface area contributed by atoms with Crippen LogP contribution in [0.4, 0.5) is 5.69 Å². The van der Waals surface area contributed by atoms with E-state index in [9.17, 15) is 19.7 Å². The fourth-order valence-electron chi connectivity index (χ4n) is 1.69. The van der Waals surface area contributed by atoms with Crippen LogP contribution in [0, 0.1) is 10.1 Å². The van der Waals surface area contributed by atoms with Crippen LogP contribution < -0.4 is 16.6 Å². The molecule has 0 radical (unpaired) electrons. The summed E-state index contributed by atoms with van der Waals surface area (Å²) in [6.45, 7) is 0. The van der Waals surface area contributed by atoms with Crippen molar-refractivity contribution in [2.45, 2.75) is 0 Å². The molecule has 0 bridgehead atoms. The number of nitrogens with two attached hydrogens (primary N) is 1. The van der Waals surface area contributed by atoms with Gasteiger partial charge in [0, 0.05) is 12.1 Å². The highest BCUT2D eigenvalue weighted by Crippen LogP contribution is 2.14. The van der Waals surface area contributed by atoms with Gasteiger partial charge in [-0.15, -0.1) is 0 Å². The molecule has 4 N–H and O–H groups in total. The van der Waals surface area contributed by atoms with Gasteiger partial charge in [-0.3, -0.25) is 25.1 Å². The Balaban J connectivity index is 2.25. The third-order valence-electron chi connectivity index (χ3n) is 2.78. The summed E-state index contributed by atoms with van der Waals surface area (Å²) >= 11 is 0. The Morgan fingerprint density at radius 3 is 2.43 bits per heavy atom. The van der Waals surface area contributed by atoms with Gasteiger partial charge < -0.3 is 9.73 Å². The smallest absolute Gasteiger partial charge is 0.291 e.